The molecule has 94 valence electrons. The molecule has 0 aromatic carbocycles. The highest BCUT2D eigenvalue weighted by molar-refractivity contribution is 7.91. The molecule has 2 heterocycles. The van der Waals surface area contributed by atoms with E-state index in [0.29, 0.717) is 11.4 Å². The third kappa shape index (κ3) is 2.33. The number of rotatable bonds is 3. The largest absolute Gasteiger partial charge is 0.481 e. The van der Waals surface area contributed by atoms with Gasteiger partial charge in [-0.15, -0.1) is 11.3 Å². The minimum Gasteiger partial charge on any atom is -0.481 e. The standard InChI is InChI=1S/C9H12N2O4S2/c1-6-10-4-8(16-6)17(14,15)11-3-2-7(5-11)9(12)13/h4,7H,2-3,5H2,1H3,(H,12,13). The summed E-state index contributed by atoms with van der Waals surface area (Å²) in [5.74, 6) is -1.54. The van der Waals surface area contributed by atoms with Gasteiger partial charge in [-0.05, 0) is 13.3 Å². The molecular formula is C9H12N2O4S2. The molecule has 1 aromatic heterocycles. The van der Waals surface area contributed by atoms with Crippen molar-refractivity contribution in [2.75, 3.05) is 13.1 Å². The summed E-state index contributed by atoms with van der Waals surface area (Å²) in [5.41, 5.74) is 0. The summed E-state index contributed by atoms with van der Waals surface area (Å²) in [6.45, 7) is 2.04. The molecule has 1 saturated heterocycles. The van der Waals surface area contributed by atoms with Crippen molar-refractivity contribution in [2.24, 2.45) is 5.92 Å². The van der Waals surface area contributed by atoms with Crippen molar-refractivity contribution in [1.29, 1.82) is 0 Å². The molecule has 0 amide bonds. The second-order valence-electron chi connectivity index (χ2n) is 3.89. The number of sulfonamides is 1. The molecule has 8 heteroatoms. The summed E-state index contributed by atoms with van der Waals surface area (Å²) in [6, 6.07) is 0. The predicted octanol–water partition coefficient (Wildman–Crippen LogP) is 0.547. The molecule has 0 saturated carbocycles. The molecule has 1 atom stereocenters. The van der Waals surface area contributed by atoms with Gasteiger partial charge < -0.3 is 5.11 Å². The molecule has 17 heavy (non-hydrogen) atoms. The van der Waals surface area contributed by atoms with Gasteiger partial charge >= 0.3 is 5.97 Å². The maximum atomic E-state index is 12.1. The minimum atomic E-state index is -3.56. The summed E-state index contributed by atoms with van der Waals surface area (Å²) in [6.07, 6.45) is 1.69. The Morgan fingerprint density at radius 3 is 2.82 bits per heavy atom. The molecule has 0 radical (unpaired) electrons. The van der Waals surface area contributed by atoms with E-state index in [1.54, 1.807) is 6.92 Å². The number of carboxylic acids is 1. The van der Waals surface area contributed by atoms with Gasteiger partial charge in [0.05, 0.1) is 17.1 Å². The Morgan fingerprint density at radius 2 is 2.35 bits per heavy atom. The average molecular weight is 276 g/mol. The van der Waals surface area contributed by atoms with Gasteiger partial charge in [0.2, 0.25) is 0 Å². The van der Waals surface area contributed by atoms with E-state index in [4.69, 9.17) is 5.11 Å². The van der Waals surface area contributed by atoms with E-state index in [0.717, 1.165) is 11.3 Å². The van der Waals surface area contributed by atoms with E-state index >= 15 is 0 Å². The van der Waals surface area contributed by atoms with Gasteiger partial charge in [-0.2, -0.15) is 4.31 Å². The zero-order valence-electron chi connectivity index (χ0n) is 9.16. The van der Waals surface area contributed by atoms with Crippen molar-refractivity contribution in [1.82, 2.24) is 9.29 Å². The summed E-state index contributed by atoms with van der Waals surface area (Å²) < 4.78 is 25.6. The van der Waals surface area contributed by atoms with Crippen molar-refractivity contribution in [3.05, 3.63) is 11.2 Å². The third-order valence-electron chi connectivity index (χ3n) is 2.69. The summed E-state index contributed by atoms with van der Waals surface area (Å²) in [5, 5.41) is 9.52. The lowest BCUT2D eigenvalue weighted by molar-refractivity contribution is -0.141. The second kappa shape index (κ2) is 4.35. The average Bonchev–Trinajstić information content (AvgIpc) is 2.85. The van der Waals surface area contributed by atoms with Crippen LogP contribution in [0.4, 0.5) is 0 Å². The zero-order chi connectivity index (χ0) is 12.6. The molecule has 2 rings (SSSR count). The van der Waals surface area contributed by atoms with Crippen LogP contribution in [0.5, 0.6) is 0 Å². The Labute approximate surface area is 103 Å². The van der Waals surface area contributed by atoms with Crippen molar-refractivity contribution in [3.8, 4) is 0 Å². The molecule has 1 fully saturated rings. The van der Waals surface area contributed by atoms with Crippen LogP contribution < -0.4 is 0 Å². The fourth-order valence-electron chi connectivity index (χ4n) is 1.74. The molecule has 6 nitrogen and oxygen atoms in total. The molecule has 1 unspecified atom stereocenters. The Hall–Kier alpha value is -0.990. The van der Waals surface area contributed by atoms with Crippen LogP contribution >= 0.6 is 11.3 Å². The fraction of sp³-hybridized carbons (Fsp3) is 0.556. The number of aromatic nitrogens is 1. The number of aryl methyl sites for hydroxylation is 1. The Kier molecular flexibility index (Phi) is 3.19. The number of hydrogen-bond acceptors (Lipinski definition) is 5. The number of hydrogen-bond donors (Lipinski definition) is 1. The van der Waals surface area contributed by atoms with E-state index in [2.05, 4.69) is 4.98 Å². The minimum absolute atomic E-state index is 0.0502. The van der Waals surface area contributed by atoms with Gasteiger partial charge in [-0.1, -0.05) is 0 Å². The number of thiazole rings is 1. The second-order valence-corrected chi connectivity index (χ2v) is 7.28. The quantitative estimate of drug-likeness (QED) is 0.871. The Bertz CT molecular complexity index is 537. The van der Waals surface area contributed by atoms with Crippen LogP contribution in [0.2, 0.25) is 0 Å². The maximum absolute atomic E-state index is 12.1. The summed E-state index contributed by atoms with van der Waals surface area (Å²) >= 11 is 1.10. The van der Waals surface area contributed by atoms with E-state index < -0.39 is 21.9 Å². The molecule has 1 N–H and O–H groups in total. The molecule has 1 aliphatic rings. The van der Waals surface area contributed by atoms with Crippen LogP contribution in [0.1, 0.15) is 11.4 Å². The van der Waals surface area contributed by atoms with Gasteiger partial charge in [-0.25, -0.2) is 13.4 Å². The van der Waals surface area contributed by atoms with Gasteiger partial charge in [0.25, 0.3) is 10.0 Å². The van der Waals surface area contributed by atoms with Crippen molar-refractivity contribution >= 4 is 27.3 Å². The SMILES string of the molecule is Cc1ncc(S(=O)(=O)N2CCC(C(=O)O)C2)s1. The van der Waals surface area contributed by atoms with Gasteiger partial charge in [0.15, 0.2) is 4.21 Å². The lowest BCUT2D eigenvalue weighted by Crippen LogP contribution is -2.29. The summed E-state index contributed by atoms with van der Waals surface area (Å²) in [7, 11) is -3.56. The number of carbonyl (C=O) groups is 1. The highest BCUT2D eigenvalue weighted by Crippen LogP contribution is 2.27. The number of carboxylic acid groups (broad SMARTS) is 1. The van der Waals surface area contributed by atoms with Crippen LogP contribution in [-0.4, -0.2) is 41.9 Å². The lowest BCUT2D eigenvalue weighted by Gasteiger charge is -2.13. The lowest BCUT2D eigenvalue weighted by atomic mass is 10.1. The monoisotopic (exact) mass is 276 g/mol. The molecule has 1 aromatic rings. The maximum Gasteiger partial charge on any atom is 0.307 e. The molecule has 0 bridgehead atoms. The predicted molar refractivity (Wildman–Crippen MR) is 61.4 cm³/mol. The van der Waals surface area contributed by atoms with Crippen LogP contribution in [-0.2, 0) is 14.8 Å². The molecular weight excluding hydrogens is 264 g/mol. The Balaban J connectivity index is 2.21. The van der Waals surface area contributed by atoms with Crippen LogP contribution in [0.15, 0.2) is 10.4 Å². The van der Waals surface area contributed by atoms with E-state index in [-0.39, 0.29) is 17.3 Å². The van der Waals surface area contributed by atoms with E-state index in [1.807, 2.05) is 0 Å². The normalized spacial score (nSPS) is 21.8. The van der Waals surface area contributed by atoms with Crippen molar-refractivity contribution in [3.63, 3.8) is 0 Å². The van der Waals surface area contributed by atoms with Crippen molar-refractivity contribution < 1.29 is 18.3 Å². The van der Waals surface area contributed by atoms with Crippen LogP contribution in [0.25, 0.3) is 0 Å². The third-order valence-corrected chi connectivity index (χ3v) is 5.91. The first kappa shape index (κ1) is 12.5. The van der Waals surface area contributed by atoms with E-state index in [9.17, 15) is 13.2 Å². The molecule has 0 spiro atoms. The van der Waals surface area contributed by atoms with Gasteiger partial charge in [0.1, 0.15) is 0 Å². The highest BCUT2D eigenvalue weighted by Gasteiger charge is 2.36. The highest BCUT2D eigenvalue weighted by atomic mass is 32.2. The first-order valence-corrected chi connectivity index (χ1v) is 7.32. The topological polar surface area (TPSA) is 87.6 Å². The smallest absolute Gasteiger partial charge is 0.307 e. The zero-order valence-corrected chi connectivity index (χ0v) is 10.8. The fourth-order valence-corrected chi connectivity index (χ4v) is 4.50. The van der Waals surface area contributed by atoms with Crippen LogP contribution in [0.3, 0.4) is 0 Å². The first-order chi connectivity index (χ1) is 7.91. The van der Waals surface area contributed by atoms with Crippen LogP contribution in [0, 0.1) is 12.8 Å². The molecule has 1 aliphatic heterocycles. The summed E-state index contributed by atoms with van der Waals surface area (Å²) in [4.78, 5) is 14.7. The molecule has 0 aliphatic carbocycles. The van der Waals surface area contributed by atoms with Gasteiger partial charge in [-0.3, -0.25) is 4.79 Å². The number of aliphatic carboxylic acids is 1. The Morgan fingerprint density at radius 1 is 1.65 bits per heavy atom. The van der Waals surface area contributed by atoms with E-state index in [1.165, 1.54) is 10.5 Å². The van der Waals surface area contributed by atoms with Gasteiger partial charge in [0, 0.05) is 13.1 Å². The van der Waals surface area contributed by atoms with Crippen molar-refractivity contribution in [2.45, 2.75) is 17.6 Å². The first-order valence-electron chi connectivity index (χ1n) is 5.06. The number of nitrogens with zero attached hydrogens (tertiary/aromatic N) is 2.